The molecule has 1 aromatic rings. The number of ether oxygens (including phenoxy) is 1. The molecule has 0 atom stereocenters. The molecule has 0 aliphatic heterocycles. The normalized spacial score (nSPS) is 10.4. The molecule has 0 unspecified atom stereocenters. The first-order chi connectivity index (χ1) is 7.70. The van der Waals surface area contributed by atoms with Crippen LogP contribution < -0.4 is 5.32 Å². The van der Waals surface area contributed by atoms with Gasteiger partial charge in [-0.05, 0) is 18.1 Å². The van der Waals surface area contributed by atoms with Gasteiger partial charge in [-0.25, -0.2) is 0 Å². The van der Waals surface area contributed by atoms with Crippen LogP contribution in [0.2, 0.25) is 0 Å². The maximum Gasteiger partial charge on any atom is 0.251 e. The standard InChI is InChI=1S/C13H19NO2/c1-11(2)10-16-9-8-14-13(15)12-6-4-3-5-7-12/h3-7,11H,8-10H2,1-2H3,(H,14,15). The van der Waals surface area contributed by atoms with Crippen LogP contribution in [0.1, 0.15) is 24.2 Å². The van der Waals surface area contributed by atoms with Crippen LogP contribution in [-0.4, -0.2) is 25.7 Å². The Hall–Kier alpha value is -1.35. The molecule has 1 aromatic carbocycles. The molecule has 0 aromatic heterocycles. The van der Waals surface area contributed by atoms with Gasteiger partial charge in [0.25, 0.3) is 5.91 Å². The predicted octanol–water partition coefficient (Wildman–Crippen LogP) is 2.09. The van der Waals surface area contributed by atoms with E-state index in [4.69, 9.17) is 4.74 Å². The zero-order valence-corrected chi connectivity index (χ0v) is 9.90. The second-order valence-corrected chi connectivity index (χ2v) is 4.09. The Kier molecular flexibility index (Phi) is 5.57. The van der Waals surface area contributed by atoms with Crippen molar-refractivity contribution < 1.29 is 9.53 Å². The van der Waals surface area contributed by atoms with Crippen molar-refractivity contribution in [3.63, 3.8) is 0 Å². The lowest BCUT2D eigenvalue weighted by atomic mass is 10.2. The highest BCUT2D eigenvalue weighted by atomic mass is 16.5. The molecule has 0 fully saturated rings. The topological polar surface area (TPSA) is 38.3 Å². The van der Waals surface area contributed by atoms with Crippen molar-refractivity contribution in [3.05, 3.63) is 35.9 Å². The number of benzene rings is 1. The first kappa shape index (κ1) is 12.7. The Balaban J connectivity index is 2.16. The molecule has 1 N–H and O–H groups in total. The Labute approximate surface area is 96.8 Å². The summed E-state index contributed by atoms with van der Waals surface area (Å²) in [6.07, 6.45) is 0. The van der Waals surface area contributed by atoms with E-state index in [1.165, 1.54) is 0 Å². The van der Waals surface area contributed by atoms with E-state index in [0.717, 1.165) is 6.61 Å². The summed E-state index contributed by atoms with van der Waals surface area (Å²) < 4.78 is 5.37. The average Bonchev–Trinajstić information content (AvgIpc) is 2.29. The smallest absolute Gasteiger partial charge is 0.251 e. The van der Waals surface area contributed by atoms with Gasteiger partial charge in [0.15, 0.2) is 0 Å². The minimum absolute atomic E-state index is 0.0475. The summed E-state index contributed by atoms with van der Waals surface area (Å²) in [6, 6.07) is 9.19. The van der Waals surface area contributed by atoms with Crippen LogP contribution in [0.3, 0.4) is 0 Å². The van der Waals surface area contributed by atoms with Crippen LogP contribution >= 0.6 is 0 Å². The lowest BCUT2D eigenvalue weighted by molar-refractivity contribution is 0.0886. The minimum Gasteiger partial charge on any atom is -0.379 e. The highest BCUT2D eigenvalue weighted by Gasteiger charge is 2.02. The van der Waals surface area contributed by atoms with Crippen molar-refractivity contribution in [2.75, 3.05) is 19.8 Å². The van der Waals surface area contributed by atoms with Crippen molar-refractivity contribution in [3.8, 4) is 0 Å². The Bertz CT molecular complexity index is 309. The summed E-state index contributed by atoms with van der Waals surface area (Å²) in [7, 11) is 0. The van der Waals surface area contributed by atoms with Gasteiger partial charge in [-0.1, -0.05) is 32.0 Å². The molecule has 0 spiro atoms. The third kappa shape index (κ3) is 4.94. The average molecular weight is 221 g/mol. The van der Waals surface area contributed by atoms with E-state index in [1.54, 1.807) is 12.1 Å². The summed E-state index contributed by atoms with van der Waals surface area (Å²) in [4.78, 5) is 11.6. The number of hydrogen-bond donors (Lipinski definition) is 1. The van der Waals surface area contributed by atoms with Gasteiger partial charge in [-0.3, -0.25) is 4.79 Å². The maximum absolute atomic E-state index is 11.6. The lowest BCUT2D eigenvalue weighted by Crippen LogP contribution is -2.27. The van der Waals surface area contributed by atoms with E-state index in [2.05, 4.69) is 19.2 Å². The Morgan fingerprint density at radius 3 is 2.62 bits per heavy atom. The summed E-state index contributed by atoms with van der Waals surface area (Å²) in [6.45, 7) is 6.06. The fourth-order valence-electron chi connectivity index (χ4n) is 1.25. The van der Waals surface area contributed by atoms with Gasteiger partial charge in [0.1, 0.15) is 0 Å². The summed E-state index contributed by atoms with van der Waals surface area (Å²) in [5, 5.41) is 2.81. The predicted molar refractivity (Wildman–Crippen MR) is 64.4 cm³/mol. The van der Waals surface area contributed by atoms with Crippen LogP contribution in [0.25, 0.3) is 0 Å². The number of amides is 1. The molecular formula is C13H19NO2. The quantitative estimate of drug-likeness (QED) is 0.747. The molecule has 0 aliphatic rings. The third-order valence-corrected chi connectivity index (χ3v) is 2.02. The van der Waals surface area contributed by atoms with Gasteiger partial charge in [-0.2, -0.15) is 0 Å². The second-order valence-electron chi connectivity index (χ2n) is 4.09. The van der Waals surface area contributed by atoms with Crippen LogP contribution in [0, 0.1) is 5.92 Å². The SMILES string of the molecule is CC(C)COCCNC(=O)c1ccccc1. The lowest BCUT2D eigenvalue weighted by Gasteiger charge is -2.08. The Morgan fingerprint density at radius 1 is 1.31 bits per heavy atom. The van der Waals surface area contributed by atoms with Gasteiger partial charge >= 0.3 is 0 Å². The van der Waals surface area contributed by atoms with E-state index in [9.17, 15) is 4.79 Å². The molecule has 3 heteroatoms. The number of carbonyl (C=O) groups is 1. The number of carbonyl (C=O) groups excluding carboxylic acids is 1. The highest BCUT2D eigenvalue weighted by Crippen LogP contribution is 1.97. The Morgan fingerprint density at radius 2 is 2.00 bits per heavy atom. The largest absolute Gasteiger partial charge is 0.379 e. The summed E-state index contributed by atoms with van der Waals surface area (Å²) in [5.74, 6) is 0.485. The molecule has 0 saturated heterocycles. The third-order valence-electron chi connectivity index (χ3n) is 2.02. The van der Waals surface area contributed by atoms with Gasteiger partial charge in [0.2, 0.25) is 0 Å². The zero-order chi connectivity index (χ0) is 11.8. The highest BCUT2D eigenvalue weighted by molar-refractivity contribution is 5.94. The van der Waals surface area contributed by atoms with Crippen molar-refractivity contribution in [2.45, 2.75) is 13.8 Å². The van der Waals surface area contributed by atoms with Gasteiger partial charge in [-0.15, -0.1) is 0 Å². The molecule has 88 valence electrons. The molecule has 3 nitrogen and oxygen atoms in total. The molecule has 0 heterocycles. The molecule has 1 amide bonds. The maximum atomic E-state index is 11.6. The molecule has 1 rings (SSSR count). The minimum atomic E-state index is -0.0475. The van der Waals surface area contributed by atoms with Crippen LogP contribution in [0.15, 0.2) is 30.3 Å². The fourth-order valence-corrected chi connectivity index (χ4v) is 1.25. The van der Waals surface area contributed by atoms with Gasteiger partial charge in [0.05, 0.1) is 6.61 Å². The first-order valence-electron chi connectivity index (χ1n) is 5.61. The van der Waals surface area contributed by atoms with Gasteiger partial charge < -0.3 is 10.1 Å². The van der Waals surface area contributed by atoms with Crippen molar-refractivity contribution >= 4 is 5.91 Å². The summed E-state index contributed by atoms with van der Waals surface area (Å²) in [5.41, 5.74) is 0.686. The van der Waals surface area contributed by atoms with E-state index in [0.29, 0.717) is 24.6 Å². The van der Waals surface area contributed by atoms with E-state index >= 15 is 0 Å². The molecule has 0 aliphatic carbocycles. The second kappa shape index (κ2) is 7.01. The van der Waals surface area contributed by atoms with E-state index < -0.39 is 0 Å². The monoisotopic (exact) mass is 221 g/mol. The molecule has 0 saturated carbocycles. The van der Waals surface area contributed by atoms with Crippen molar-refractivity contribution in [2.24, 2.45) is 5.92 Å². The molecule has 16 heavy (non-hydrogen) atoms. The van der Waals surface area contributed by atoms with Crippen LogP contribution in [-0.2, 0) is 4.74 Å². The van der Waals surface area contributed by atoms with E-state index in [1.807, 2.05) is 18.2 Å². The van der Waals surface area contributed by atoms with Gasteiger partial charge in [0, 0.05) is 18.7 Å². The first-order valence-corrected chi connectivity index (χ1v) is 5.61. The summed E-state index contributed by atoms with van der Waals surface area (Å²) >= 11 is 0. The zero-order valence-electron chi connectivity index (χ0n) is 9.90. The van der Waals surface area contributed by atoms with Crippen LogP contribution in [0.4, 0.5) is 0 Å². The van der Waals surface area contributed by atoms with Crippen molar-refractivity contribution in [1.29, 1.82) is 0 Å². The van der Waals surface area contributed by atoms with Crippen LogP contribution in [0.5, 0.6) is 0 Å². The van der Waals surface area contributed by atoms with Crippen molar-refractivity contribution in [1.82, 2.24) is 5.32 Å². The number of nitrogens with one attached hydrogen (secondary N) is 1. The molecule has 0 bridgehead atoms. The fraction of sp³-hybridized carbons (Fsp3) is 0.462. The van der Waals surface area contributed by atoms with E-state index in [-0.39, 0.29) is 5.91 Å². The number of rotatable bonds is 6. The molecule has 0 radical (unpaired) electrons. The number of hydrogen-bond acceptors (Lipinski definition) is 2. The molecular weight excluding hydrogens is 202 g/mol.